The lowest BCUT2D eigenvalue weighted by atomic mass is 10.4. The summed E-state index contributed by atoms with van der Waals surface area (Å²) in [6.45, 7) is 3.41. The zero-order valence-corrected chi connectivity index (χ0v) is 11.6. The van der Waals surface area contributed by atoms with Gasteiger partial charge in [-0.3, -0.25) is 0 Å². The summed E-state index contributed by atoms with van der Waals surface area (Å²) in [6.07, 6.45) is 1.01. The van der Waals surface area contributed by atoms with Crippen LogP contribution in [0.15, 0.2) is 33.6 Å². The van der Waals surface area contributed by atoms with E-state index in [-0.39, 0.29) is 5.75 Å². The molecule has 0 fully saturated rings. The van der Waals surface area contributed by atoms with Crippen LogP contribution < -0.4 is 5.32 Å². The second-order valence-corrected chi connectivity index (χ2v) is 6.55. The van der Waals surface area contributed by atoms with Gasteiger partial charge in [0.2, 0.25) is 0 Å². The van der Waals surface area contributed by atoms with Gasteiger partial charge in [0, 0.05) is 11.0 Å². The van der Waals surface area contributed by atoms with Gasteiger partial charge in [0.05, 0.1) is 10.6 Å². The zero-order chi connectivity index (χ0) is 12.0. The van der Waals surface area contributed by atoms with Crippen LogP contribution in [0, 0.1) is 0 Å². The minimum absolute atomic E-state index is 0.142. The summed E-state index contributed by atoms with van der Waals surface area (Å²) >= 11 is 3.27. The SMILES string of the molecule is CCCNCCS(=O)(=O)c1cccc(Br)c1. The van der Waals surface area contributed by atoms with Crippen LogP contribution in [0.25, 0.3) is 0 Å². The number of benzene rings is 1. The molecule has 1 rings (SSSR count). The second-order valence-electron chi connectivity index (χ2n) is 3.53. The molecule has 3 nitrogen and oxygen atoms in total. The first-order valence-electron chi connectivity index (χ1n) is 5.25. The van der Waals surface area contributed by atoms with Gasteiger partial charge in [-0.2, -0.15) is 0 Å². The first kappa shape index (κ1) is 13.7. The minimum atomic E-state index is -3.16. The maximum atomic E-state index is 11.9. The van der Waals surface area contributed by atoms with E-state index in [4.69, 9.17) is 0 Å². The smallest absolute Gasteiger partial charge is 0.179 e. The van der Waals surface area contributed by atoms with E-state index in [1.165, 1.54) is 0 Å². The molecule has 0 atom stereocenters. The molecule has 0 radical (unpaired) electrons. The van der Waals surface area contributed by atoms with Crippen molar-refractivity contribution in [2.75, 3.05) is 18.8 Å². The third-order valence-electron chi connectivity index (χ3n) is 2.13. The number of halogens is 1. The van der Waals surface area contributed by atoms with Crippen molar-refractivity contribution in [3.8, 4) is 0 Å². The lowest BCUT2D eigenvalue weighted by Gasteiger charge is -2.05. The van der Waals surface area contributed by atoms with Crippen molar-refractivity contribution >= 4 is 25.8 Å². The molecule has 0 aliphatic rings. The Hall–Kier alpha value is -0.390. The van der Waals surface area contributed by atoms with Crippen molar-refractivity contribution in [3.05, 3.63) is 28.7 Å². The molecule has 0 saturated carbocycles. The largest absolute Gasteiger partial charge is 0.316 e. The molecule has 0 amide bonds. The average molecular weight is 306 g/mol. The van der Waals surface area contributed by atoms with Crippen LogP contribution in [-0.2, 0) is 9.84 Å². The van der Waals surface area contributed by atoms with E-state index < -0.39 is 9.84 Å². The Morgan fingerprint density at radius 2 is 2.06 bits per heavy atom. The van der Waals surface area contributed by atoms with E-state index >= 15 is 0 Å². The van der Waals surface area contributed by atoms with Crippen LogP contribution in [0.2, 0.25) is 0 Å². The van der Waals surface area contributed by atoms with Crippen LogP contribution >= 0.6 is 15.9 Å². The summed E-state index contributed by atoms with van der Waals surface area (Å²) in [7, 11) is -3.16. The molecule has 90 valence electrons. The third-order valence-corrected chi connectivity index (χ3v) is 4.34. The van der Waals surface area contributed by atoms with E-state index in [1.807, 2.05) is 6.07 Å². The van der Waals surface area contributed by atoms with Gasteiger partial charge in [0.15, 0.2) is 9.84 Å². The molecule has 0 saturated heterocycles. The maximum absolute atomic E-state index is 11.9. The molecule has 0 spiro atoms. The standard InChI is InChI=1S/C11H16BrNO2S/c1-2-6-13-7-8-16(14,15)11-5-3-4-10(12)9-11/h3-5,9,13H,2,6-8H2,1H3. The molecule has 0 aliphatic carbocycles. The molecule has 0 unspecified atom stereocenters. The predicted molar refractivity (Wildman–Crippen MR) is 69.4 cm³/mol. The number of sulfone groups is 1. The van der Waals surface area contributed by atoms with Crippen LogP contribution in [0.4, 0.5) is 0 Å². The minimum Gasteiger partial charge on any atom is -0.316 e. The number of nitrogens with one attached hydrogen (secondary N) is 1. The van der Waals surface area contributed by atoms with Gasteiger partial charge >= 0.3 is 0 Å². The highest BCUT2D eigenvalue weighted by atomic mass is 79.9. The van der Waals surface area contributed by atoms with Crippen LogP contribution in [0.3, 0.4) is 0 Å². The van der Waals surface area contributed by atoms with Gasteiger partial charge in [-0.1, -0.05) is 28.9 Å². The highest BCUT2D eigenvalue weighted by Crippen LogP contribution is 2.16. The molecule has 0 bridgehead atoms. The number of hydrogen-bond acceptors (Lipinski definition) is 3. The highest BCUT2D eigenvalue weighted by molar-refractivity contribution is 9.10. The van der Waals surface area contributed by atoms with Gasteiger partial charge in [-0.25, -0.2) is 8.42 Å². The fourth-order valence-corrected chi connectivity index (χ4v) is 3.08. The molecule has 1 aromatic carbocycles. The molecule has 0 aliphatic heterocycles. The Balaban J connectivity index is 2.64. The number of rotatable bonds is 6. The molecule has 1 aromatic rings. The summed E-state index contributed by atoms with van der Waals surface area (Å²) in [4.78, 5) is 0.375. The van der Waals surface area contributed by atoms with E-state index in [9.17, 15) is 8.42 Å². The van der Waals surface area contributed by atoms with Crippen molar-refractivity contribution in [2.45, 2.75) is 18.2 Å². The first-order chi connectivity index (χ1) is 7.56. The zero-order valence-electron chi connectivity index (χ0n) is 9.24. The fourth-order valence-electron chi connectivity index (χ4n) is 1.29. The molecule has 16 heavy (non-hydrogen) atoms. The van der Waals surface area contributed by atoms with E-state index in [0.717, 1.165) is 17.4 Å². The first-order valence-corrected chi connectivity index (χ1v) is 7.70. The summed E-state index contributed by atoms with van der Waals surface area (Å²) in [6, 6.07) is 6.81. The Morgan fingerprint density at radius 1 is 1.31 bits per heavy atom. The predicted octanol–water partition coefficient (Wildman–Crippen LogP) is 2.22. The van der Waals surface area contributed by atoms with Crippen LogP contribution in [-0.4, -0.2) is 27.3 Å². The average Bonchev–Trinajstić information content (AvgIpc) is 2.24. The summed E-state index contributed by atoms with van der Waals surface area (Å²) in [5.74, 6) is 0.142. The Kier molecular flexibility index (Phi) is 5.44. The monoisotopic (exact) mass is 305 g/mol. The topological polar surface area (TPSA) is 46.2 Å². The van der Waals surface area contributed by atoms with E-state index in [0.29, 0.717) is 11.4 Å². The third kappa shape index (κ3) is 4.23. The molecule has 1 N–H and O–H groups in total. The molecular weight excluding hydrogens is 290 g/mol. The Labute approximate surface area is 105 Å². The molecule has 5 heteroatoms. The number of hydrogen-bond donors (Lipinski definition) is 1. The molecule has 0 heterocycles. The van der Waals surface area contributed by atoms with E-state index in [1.54, 1.807) is 18.2 Å². The van der Waals surface area contributed by atoms with Gasteiger partial charge in [0.25, 0.3) is 0 Å². The van der Waals surface area contributed by atoms with E-state index in [2.05, 4.69) is 28.2 Å². The van der Waals surface area contributed by atoms with Crippen molar-refractivity contribution in [2.24, 2.45) is 0 Å². The van der Waals surface area contributed by atoms with Crippen molar-refractivity contribution < 1.29 is 8.42 Å². The summed E-state index contributed by atoms with van der Waals surface area (Å²) in [5, 5.41) is 3.08. The maximum Gasteiger partial charge on any atom is 0.179 e. The van der Waals surface area contributed by atoms with Gasteiger partial charge < -0.3 is 5.32 Å². The Morgan fingerprint density at radius 3 is 2.69 bits per heavy atom. The molecule has 0 aromatic heterocycles. The molecular formula is C11H16BrNO2S. The van der Waals surface area contributed by atoms with Crippen LogP contribution in [0.5, 0.6) is 0 Å². The van der Waals surface area contributed by atoms with Gasteiger partial charge in [-0.15, -0.1) is 0 Å². The highest BCUT2D eigenvalue weighted by Gasteiger charge is 2.13. The normalized spacial score (nSPS) is 11.6. The van der Waals surface area contributed by atoms with Crippen molar-refractivity contribution in [1.29, 1.82) is 0 Å². The summed E-state index contributed by atoms with van der Waals surface area (Å²) in [5.41, 5.74) is 0. The van der Waals surface area contributed by atoms with Crippen molar-refractivity contribution in [1.82, 2.24) is 5.32 Å². The lowest BCUT2D eigenvalue weighted by molar-refractivity contribution is 0.590. The second kappa shape index (κ2) is 6.37. The quantitative estimate of drug-likeness (QED) is 0.820. The van der Waals surface area contributed by atoms with Crippen molar-refractivity contribution in [3.63, 3.8) is 0 Å². The fraction of sp³-hybridized carbons (Fsp3) is 0.455. The van der Waals surface area contributed by atoms with Crippen LogP contribution in [0.1, 0.15) is 13.3 Å². The van der Waals surface area contributed by atoms with Gasteiger partial charge in [0.1, 0.15) is 0 Å². The summed E-state index contributed by atoms with van der Waals surface area (Å²) < 4.78 is 24.6. The lowest BCUT2D eigenvalue weighted by Crippen LogP contribution is -2.23. The van der Waals surface area contributed by atoms with Gasteiger partial charge in [-0.05, 0) is 31.2 Å². The Bertz CT molecular complexity index is 431.